The fourth-order valence-electron chi connectivity index (χ4n) is 3.15. The van der Waals surface area contributed by atoms with E-state index < -0.39 is 5.41 Å². The van der Waals surface area contributed by atoms with Gasteiger partial charge in [0.2, 0.25) is 5.91 Å². The molecule has 0 atom stereocenters. The molecule has 1 heterocycles. The lowest BCUT2D eigenvalue weighted by molar-refractivity contribution is -0.123. The summed E-state index contributed by atoms with van der Waals surface area (Å²) in [4.78, 5) is 26.5. The maximum absolute atomic E-state index is 12.5. The normalized spacial score (nSPS) is 14.0. The van der Waals surface area contributed by atoms with E-state index in [1.165, 1.54) is 5.56 Å². The largest absolute Gasteiger partial charge is 0.492 e. The number of ether oxygens (including phenoxy) is 2. The summed E-state index contributed by atoms with van der Waals surface area (Å²) < 4.78 is 11.4. The number of benzene rings is 2. The summed E-state index contributed by atoms with van der Waals surface area (Å²) in [5, 5.41) is 2.90. The molecule has 6 heteroatoms. The van der Waals surface area contributed by atoms with E-state index in [2.05, 4.69) is 38.2 Å². The molecule has 0 saturated heterocycles. The van der Waals surface area contributed by atoms with Crippen LogP contribution >= 0.6 is 0 Å². The van der Waals surface area contributed by atoms with Gasteiger partial charge in [0, 0.05) is 11.1 Å². The highest BCUT2D eigenvalue weighted by Gasteiger charge is 2.27. The van der Waals surface area contributed by atoms with Gasteiger partial charge in [-0.25, -0.2) is 0 Å². The van der Waals surface area contributed by atoms with E-state index in [9.17, 15) is 9.59 Å². The first-order chi connectivity index (χ1) is 14.4. The summed E-state index contributed by atoms with van der Waals surface area (Å²) in [6.07, 6.45) is 0. The summed E-state index contributed by atoms with van der Waals surface area (Å²) in [5.74, 6) is 1.14. The van der Waals surface area contributed by atoms with Crippen molar-refractivity contribution >= 4 is 23.2 Å². The number of rotatable bonds is 5. The van der Waals surface area contributed by atoms with Gasteiger partial charge in [-0.1, -0.05) is 53.7 Å². The van der Waals surface area contributed by atoms with Gasteiger partial charge in [0.25, 0.3) is 5.91 Å². The number of carbonyl (C=O) groups excluding carboxylic acids is 2. The molecule has 0 saturated carbocycles. The number of nitrogens with zero attached hydrogens (tertiary/aromatic N) is 1. The quantitative estimate of drug-likeness (QED) is 0.751. The monoisotopic (exact) mass is 424 g/mol. The van der Waals surface area contributed by atoms with Gasteiger partial charge >= 0.3 is 0 Å². The van der Waals surface area contributed by atoms with Gasteiger partial charge in [-0.05, 0) is 41.3 Å². The summed E-state index contributed by atoms with van der Waals surface area (Å²) >= 11 is 0. The van der Waals surface area contributed by atoms with Crippen LogP contribution in [0.1, 0.15) is 47.1 Å². The third-order valence-electron chi connectivity index (χ3n) is 5.14. The lowest BCUT2D eigenvalue weighted by Gasteiger charge is -2.30. The minimum absolute atomic E-state index is 0.0129. The first kappa shape index (κ1) is 22.7. The Labute approximate surface area is 184 Å². The van der Waals surface area contributed by atoms with Crippen LogP contribution in [0.2, 0.25) is 0 Å². The van der Waals surface area contributed by atoms with E-state index >= 15 is 0 Å². The number of anilines is 2. The molecule has 31 heavy (non-hydrogen) atoms. The molecule has 0 unspecified atom stereocenters. The van der Waals surface area contributed by atoms with E-state index in [4.69, 9.17) is 9.47 Å². The predicted octanol–water partition coefficient (Wildman–Crippen LogP) is 4.77. The van der Waals surface area contributed by atoms with Crippen molar-refractivity contribution in [3.8, 4) is 11.5 Å². The lowest BCUT2D eigenvalue weighted by atomic mass is 9.87. The van der Waals surface area contributed by atoms with E-state index in [1.54, 1.807) is 23.1 Å². The number of carbonyl (C=O) groups is 2. The molecule has 1 N–H and O–H groups in total. The molecule has 3 rings (SSSR count). The topological polar surface area (TPSA) is 67.9 Å². The molecule has 166 valence electrons. The highest BCUT2D eigenvalue weighted by molar-refractivity contribution is 6.00. The van der Waals surface area contributed by atoms with E-state index in [-0.39, 0.29) is 23.8 Å². The Morgan fingerprint density at radius 2 is 1.74 bits per heavy atom. The fraction of sp³-hybridized carbons (Fsp3) is 0.440. The van der Waals surface area contributed by atoms with Crippen molar-refractivity contribution in [3.63, 3.8) is 0 Å². The average molecular weight is 425 g/mol. The zero-order valence-electron chi connectivity index (χ0n) is 19.2. The Hall–Kier alpha value is -3.02. The van der Waals surface area contributed by atoms with Crippen molar-refractivity contribution in [2.75, 3.05) is 30.0 Å². The maximum Gasteiger partial charge on any atom is 0.265 e. The van der Waals surface area contributed by atoms with Crippen LogP contribution < -0.4 is 19.7 Å². The smallest absolute Gasteiger partial charge is 0.265 e. The molecule has 6 nitrogen and oxygen atoms in total. The van der Waals surface area contributed by atoms with Crippen LogP contribution in [-0.2, 0) is 15.0 Å². The Bertz CT molecular complexity index is 953. The number of amides is 2. The SMILES string of the molecule is CC(C)(C)C(=O)Nc1ccc2c(c1)N(CCOc1ccc(C(C)(C)C)cc1)C(=O)CO2. The lowest BCUT2D eigenvalue weighted by Crippen LogP contribution is -2.41. The highest BCUT2D eigenvalue weighted by Crippen LogP contribution is 2.35. The zero-order valence-corrected chi connectivity index (χ0v) is 19.2. The minimum atomic E-state index is -0.516. The summed E-state index contributed by atoms with van der Waals surface area (Å²) in [7, 11) is 0. The first-order valence-electron chi connectivity index (χ1n) is 10.6. The van der Waals surface area contributed by atoms with Gasteiger partial charge < -0.3 is 19.7 Å². The van der Waals surface area contributed by atoms with Crippen LogP contribution in [0.4, 0.5) is 11.4 Å². The fourth-order valence-corrected chi connectivity index (χ4v) is 3.15. The van der Waals surface area contributed by atoms with Crippen LogP contribution in [0, 0.1) is 5.41 Å². The van der Waals surface area contributed by atoms with Crippen molar-refractivity contribution in [2.24, 2.45) is 5.41 Å². The van der Waals surface area contributed by atoms with Gasteiger partial charge in [0.1, 0.15) is 18.1 Å². The van der Waals surface area contributed by atoms with E-state index in [1.807, 2.05) is 32.9 Å². The number of hydrogen-bond donors (Lipinski definition) is 1. The van der Waals surface area contributed by atoms with Crippen molar-refractivity contribution < 1.29 is 19.1 Å². The summed E-state index contributed by atoms with van der Waals surface area (Å²) in [5.41, 5.74) is 2.07. The van der Waals surface area contributed by atoms with Gasteiger partial charge in [-0.2, -0.15) is 0 Å². The molecule has 0 radical (unpaired) electrons. The Balaban J connectivity index is 1.69. The Morgan fingerprint density at radius 3 is 2.35 bits per heavy atom. The third kappa shape index (κ3) is 5.57. The van der Waals surface area contributed by atoms with Crippen LogP contribution in [0.25, 0.3) is 0 Å². The second-order valence-electron chi connectivity index (χ2n) is 9.84. The molecule has 0 aliphatic carbocycles. The molecule has 0 aromatic heterocycles. The number of fused-ring (bicyclic) bond motifs is 1. The first-order valence-corrected chi connectivity index (χ1v) is 10.6. The average Bonchev–Trinajstić information content (AvgIpc) is 2.68. The van der Waals surface area contributed by atoms with Crippen LogP contribution in [0.5, 0.6) is 11.5 Å². The molecule has 1 aliphatic heterocycles. The number of nitrogens with one attached hydrogen (secondary N) is 1. The minimum Gasteiger partial charge on any atom is -0.492 e. The molecule has 2 amide bonds. The van der Waals surface area contributed by atoms with Gasteiger partial charge in [0.05, 0.1) is 12.2 Å². The maximum atomic E-state index is 12.5. The van der Waals surface area contributed by atoms with Crippen molar-refractivity contribution in [3.05, 3.63) is 48.0 Å². The van der Waals surface area contributed by atoms with Gasteiger partial charge in [-0.3, -0.25) is 9.59 Å². The molecular weight excluding hydrogens is 392 g/mol. The van der Waals surface area contributed by atoms with E-state index in [0.29, 0.717) is 30.3 Å². The second-order valence-corrected chi connectivity index (χ2v) is 9.84. The van der Waals surface area contributed by atoms with Crippen molar-refractivity contribution in [2.45, 2.75) is 47.0 Å². The molecule has 2 aromatic carbocycles. The summed E-state index contributed by atoms with van der Waals surface area (Å²) in [6.45, 7) is 12.8. The molecule has 0 bridgehead atoms. The zero-order chi connectivity index (χ0) is 22.8. The van der Waals surface area contributed by atoms with Crippen LogP contribution in [-0.4, -0.2) is 31.6 Å². The second kappa shape index (κ2) is 8.61. The third-order valence-corrected chi connectivity index (χ3v) is 5.14. The van der Waals surface area contributed by atoms with Crippen molar-refractivity contribution in [1.29, 1.82) is 0 Å². The highest BCUT2D eigenvalue weighted by atomic mass is 16.5. The van der Waals surface area contributed by atoms with E-state index in [0.717, 1.165) is 5.75 Å². The van der Waals surface area contributed by atoms with Crippen LogP contribution in [0.15, 0.2) is 42.5 Å². The predicted molar refractivity (Wildman–Crippen MR) is 123 cm³/mol. The molecular formula is C25H32N2O4. The van der Waals surface area contributed by atoms with Crippen molar-refractivity contribution in [1.82, 2.24) is 0 Å². The van der Waals surface area contributed by atoms with Crippen LogP contribution in [0.3, 0.4) is 0 Å². The molecule has 0 spiro atoms. The number of hydrogen-bond acceptors (Lipinski definition) is 4. The van der Waals surface area contributed by atoms with Gasteiger partial charge in [0.15, 0.2) is 6.61 Å². The molecule has 0 fully saturated rings. The van der Waals surface area contributed by atoms with Gasteiger partial charge in [-0.15, -0.1) is 0 Å². The standard InChI is InChI=1S/C25H32N2O4/c1-24(2,3)17-7-10-19(11-8-17)30-14-13-27-20-15-18(26-23(29)25(4,5)6)9-12-21(20)31-16-22(27)28/h7-12,15H,13-14,16H2,1-6H3,(H,26,29). The Morgan fingerprint density at radius 1 is 1.06 bits per heavy atom. The molecule has 1 aliphatic rings. The summed E-state index contributed by atoms with van der Waals surface area (Å²) in [6, 6.07) is 13.4. The Kier molecular flexibility index (Phi) is 6.30. The molecule has 2 aromatic rings.